The first kappa shape index (κ1) is 21.4. The number of para-hydroxylation sites is 1. The van der Waals surface area contributed by atoms with Gasteiger partial charge in [0.25, 0.3) is 5.91 Å². The SMILES string of the molecule is CC[C@H](C)c1ccccc1NC(=O)[C@H](C)OC(=O)/C=C/c1c(C)nn(C)c1C. The van der Waals surface area contributed by atoms with E-state index >= 15 is 0 Å². The van der Waals surface area contributed by atoms with Crippen LogP contribution in [0.5, 0.6) is 0 Å². The van der Waals surface area contributed by atoms with E-state index in [0.717, 1.165) is 34.6 Å². The summed E-state index contributed by atoms with van der Waals surface area (Å²) in [7, 11) is 1.85. The number of anilines is 1. The van der Waals surface area contributed by atoms with Crippen LogP contribution in [0.3, 0.4) is 0 Å². The number of ether oxygens (including phenoxy) is 1. The Kier molecular flexibility index (Phi) is 7.15. The van der Waals surface area contributed by atoms with Gasteiger partial charge in [-0.3, -0.25) is 9.48 Å². The number of esters is 1. The van der Waals surface area contributed by atoms with E-state index < -0.39 is 12.1 Å². The number of amides is 1. The van der Waals surface area contributed by atoms with Crippen molar-refractivity contribution in [3.63, 3.8) is 0 Å². The molecular weight excluding hydrogens is 354 g/mol. The number of rotatable bonds is 7. The lowest BCUT2D eigenvalue weighted by atomic mass is 9.97. The topological polar surface area (TPSA) is 73.2 Å². The van der Waals surface area contributed by atoms with Crippen LogP contribution in [0.2, 0.25) is 0 Å². The Morgan fingerprint density at radius 3 is 2.54 bits per heavy atom. The summed E-state index contributed by atoms with van der Waals surface area (Å²) in [6.07, 6.45) is 3.06. The number of hydrogen-bond acceptors (Lipinski definition) is 4. The molecule has 6 nitrogen and oxygen atoms in total. The maximum Gasteiger partial charge on any atom is 0.331 e. The first-order valence-electron chi connectivity index (χ1n) is 9.53. The van der Waals surface area contributed by atoms with Crippen molar-refractivity contribution in [2.75, 3.05) is 5.32 Å². The second-order valence-electron chi connectivity index (χ2n) is 7.01. The zero-order valence-electron chi connectivity index (χ0n) is 17.4. The summed E-state index contributed by atoms with van der Waals surface area (Å²) in [5.41, 5.74) is 4.48. The van der Waals surface area contributed by atoms with Gasteiger partial charge in [0, 0.05) is 30.1 Å². The summed E-state index contributed by atoms with van der Waals surface area (Å²) < 4.78 is 7.01. The summed E-state index contributed by atoms with van der Waals surface area (Å²) in [6.45, 7) is 9.58. The molecule has 2 rings (SSSR count). The minimum Gasteiger partial charge on any atom is -0.449 e. The smallest absolute Gasteiger partial charge is 0.331 e. The maximum absolute atomic E-state index is 12.5. The van der Waals surface area contributed by atoms with Crippen LogP contribution in [-0.4, -0.2) is 27.8 Å². The quantitative estimate of drug-likeness (QED) is 0.576. The van der Waals surface area contributed by atoms with E-state index in [0.29, 0.717) is 5.92 Å². The van der Waals surface area contributed by atoms with Gasteiger partial charge in [-0.25, -0.2) is 4.79 Å². The average Bonchev–Trinajstić information content (AvgIpc) is 2.91. The lowest BCUT2D eigenvalue weighted by Gasteiger charge is -2.17. The largest absolute Gasteiger partial charge is 0.449 e. The Hall–Kier alpha value is -2.89. The Balaban J connectivity index is 2.01. The second kappa shape index (κ2) is 9.35. The predicted molar refractivity (Wildman–Crippen MR) is 111 cm³/mol. The van der Waals surface area contributed by atoms with Crippen molar-refractivity contribution in [3.05, 3.63) is 52.9 Å². The highest BCUT2D eigenvalue weighted by atomic mass is 16.5. The van der Waals surface area contributed by atoms with Gasteiger partial charge in [-0.2, -0.15) is 5.10 Å². The van der Waals surface area contributed by atoms with E-state index in [4.69, 9.17) is 4.74 Å². The molecule has 0 aliphatic carbocycles. The summed E-state index contributed by atoms with van der Waals surface area (Å²) in [5.74, 6) is -0.602. The van der Waals surface area contributed by atoms with Gasteiger partial charge in [-0.15, -0.1) is 0 Å². The van der Waals surface area contributed by atoms with Crippen molar-refractivity contribution < 1.29 is 14.3 Å². The zero-order valence-corrected chi connectivity index (χ0v) is 17.4. The van der Waals surface area contributed by atoms with Crippen LogP contribution < -0.4 is 5.32 Å². The van der Waals surface area contributed by atoms with Crippen LogP contribution in [0.1, 0.15) is 55.6 Å². The van der Waals surface area contributed by atoms with Crippen LogP contribution >= 0.6 is 0 Å². The average molecular weight is 383 g/mol. The molecule has 0 fully saturated rings. The fourth-order valence-corrected chi connectivity index (χ4v) is 2.94. The van der Waals surface area contributed by atoms with Crippen molar-refractivity contribution in [1.82, 2.24) is 9.78 Å². The van der Waals surface area contributed by atoms with Crippen LogP contribution in [0.25, 0.3) is 6.08 Å². The van der Waals surface area contributed by atoms with Gasteiger partial charge in [0.2, 0.25) is 0 Å². The van der Waals surface area contributed by atoms with Gasteiger partial charge in [0.1, 0.15) is 0 Å². The number of aromatic nitrogens is 2. The second-order valence-corrected chi connectivity index (χ2v) is 7.01. The lowest BCUT2D eigenvalue weighted by Crippen LogP contribution is -2.29. The molecule has 1 aromatic heterocycles. The number of aryl methyl sites for hydroxylation is 2. The van der Waals surface area contributed by atoms with E-state index in [1.165, 1.54) is 6.08 Å². The Morgan fingerprint density at radius 1 is 1.25 bits per heavy atom. The number of carbonyl (C=O) groups excluding carboxylic acids is 2. The molecule has 0 aliphatic heterocycles. The summed E-state index contributed by atoms with van der Waals surface area (Å²) in [6, 6.07) is 7.69. The van der Waals surface area contributed by atoms with Gasteiger partial charge >= 0.3 is 5.97 Å². The molecule has 0 bridgehead atoms. The molecule has 28 heavy (non-hydrogen) atoms. The molecule has 6 heteroatoms. The lowest BCUT2D eigenvalue weighted by molar-refractivity contribution is -0.148. The van der Waals surface area contributed by atoms with Crippen molar-refractivity contribution in [3.8, 4) is 0 Å². The molecule has 0 aliphatic rings. The van der Waals surface area contributed by atoms with E-state index in [1.807, 2.05) is 45.2 Å². The zero-order chi connectivity index (χ0) is 20.8. The normalized spacial score (nSPS) is 13.4. The molecule has 2 aromatic rings. The first-order valence-corrected chi connectivity index (χ1v) is 9.53. The Bertz CT molecular complexity index is 883. The van der Waals surface area contributed by atoms with Crippen molar-refractivity contribution >= 4 is 23.6 Å². The van der Waals surface area contributed by atoms with Gasteiger partial charge in [0.05, 0.1) is 5.69 Å². The minimum atomic E-state index is -0.904. The molecule has 1 heterocycles. The molecule has 0 saturated heterocycles. The molecule has 1 N–H and O–H groups in total. The Labute approximate surface area is 166 Å². The van der Waals surface area contributed by atoms with E-state index in [-0.39, 0.29) is 5.91 Å². The van der Waals surface area contributed by atoms with Crippen LogP contribution in [0.4, 0.5) is 5.69 Å². The van der Waals surface area contributed by atoms with Gasteiger partial charge in [-0.1, -0.05) is 32.0 Å². The molecule has 150 valence electrons. The molecule has 0 spiro atoms. The molecular formula is C22H29N3O3. The van der Waals surface area contributed by atoms with Crippen LogP contribution in [-0.2, 0) is 21.4 Å². The number of nitrogens with zero attached hydrogens (tertiary/aromatic N) is 2. The fraction of sp³-hybridized carbons (Fsp3) is 0.409. The van der Waals surface area contributed by atoms with Crippen molar-refractivity contribution in [1.29, 1.82) is 0 Å². The van der Waals surface area contributed by atoms with Gasteiger partial charge < -0.3 is 10.1 Å². The van der Waals surface area contributed by atoms with Gasteiger partial charge in [0.15, 0.2) is 6.10 Å². The predicted octanol–water partition coefficient (Wildman–Crippen LogP) is 4.13. The van der Waals surface area contributed by atoms with Crippen LogP contribution in [0.15, 0.2) is 30.3 Å². The summed E-state index contributed by atoms with van der Waals surface area (Å²) >= 11 is 0. The summed E-state index contributed by atoms with van der Waals surface area (Å²) in [4.78, 5) is 24.6. The van der Waals surface area contributed by atoms with E-state index in [2.05, 4.69) is 24.3 Å². The first-order chi connectivity index (χ1) is 13.2. The fourth-order valence-electron chi connectivity index (χ4n) is 2.94. The third-order valence-corrected chi connectivity index (χ3v) is 4.98. The molecule has 2 atom stereocenters. The monoisotopic (exact) mass is 383 g/mol. The highest BCUT2D eigenvalue weighted by molar-refractivity contribution is 5.97. The Morgan fingerprint density at radius 2 is 1.93 bits per heavy atom. The number of benzene rings is 1. The molecule has 0 radical (unpaired) electrons. The number of hydrogen-bond donors (Lipinski definition) is 1. The van der Waals surface area contributed by atoms with Crippen molar-refractivity contribution in [2.24, 2.45) is 7.05 Å². The van der Waals surface area contributed by atoms with Crippen molar-refractivity contribution in [2.45, 2.75) is 53.1 Å². The molecule has 1 amide bonds. The number of nitrogens with one attached hydrogen (secondary N) is 1. The molecule has 0 saturated carbocycles. The highest BCUT2D eigenvalue weighted by Gasteiger charge is 2.19. The third-order valence-electron chi connectivity index (χ3n) is 4.98. The standard InChI is InChI=1S/C22H29N3O3/c1-7-14(2)18-10-8-9-11-20(18)23-22(27)17(5)28-21(26)13-12-19-15(3)24-25(6)16(19)4/h8-14,17H,7H2,1-6H3,(H,23,27)/b13-12+/t14-,17-/m0/s1. The highest BCUT2D eigenvalue weighted by Crippen LogP contribution is 2.26. The van der Waals surface area contributed by atoms with E-state index in [1.54, 1.807) is 17.7 Å². The maximum atomic E-state index is 12.5. The summed E-state index contributed by atoms with van der Waals surface area (Å²) in [5, 5.41) is 7.18. The third kappa shape index (κ3) is 5.09. The van der Waals surface area contributed by atoms with Gasteiger partial charge in [-0.05, 0) is 50.8 Å². The molecule has 0 unspecified atom stereocenters. The minimum absolute atomic E-state index is 0.322. The molecule has 1 aromatic carbocycles. The van der Waals surface area contributed by atoms with E-state index in [9.17, 15) is 9.59 Å². The van der Waals surface area contributed by atoms with Crippen LogP contribution in [0, 0.1) is 13.8 Å². The number of carbonyl (C=O) groups is 2.